The molecule has 0 aliphatic carbocycles. The van der Waals surface area contributed by atoms with Crippen LogP contribution < -0.4 is 20.1 Å². The van der Waals surface area contributed by atoms with Crippen molar-refractivity contribution in [3.8, 4) is 0 Å². The van der Waals surface area contributed by atoms with Gasteiger partial charge in [0.05, 0.1) is 10.2 Å². The van der Waals surface area contributed by atoms with Gasteiger partial charge in [0.1, 0.15) is 11.2 Å². The summed E-state index contributed by atoms with van der Waals surface area (Å²) < 4.78 is 2.23. The number of amides is 1. The third-order valence-electron chi connectivity index (χ3n) is 3.57. The van der Waals surface area contributed by atoms with Crippen molar-refractivity contribution in [3.63, 3.8) is 0 Å². The van der Waals surface area contributed by atoms with Crippen LogP contribution in [0.3, 0.4) is 0 Å². The van der Waals surface area contributed by atoms with Crippen LogP contribution in [-0.2, 0) is 16.1 Å². The number of pyridine rings is 1. The molecule has 0 spiro atoms. The van der Waals surface area contributed by atoms with Gasteiger partial charge in [-0.25, -0.2) is 0 Å². The Bertz CT molecular complexity index is 966. The van der Waals surface area contributed by atoms with Crippen molar-refractivity contribution < 1.29 is 9.59 Å². The van der Waals surface area contributed by atoms with Gasteiger partial charge >= 0.3 is 0 Å². The lowest BCUT2D eigenvalue weighted by Crippen LogP contribution is -2.38. The number of nitrogens with zero attached hydrogens (tertiary/aromatic N) is 2. The SMILES string of the molecule is CCNC(=O)Cn1c(=O)/c(=C/c2ccccn2)s/c1=C/C(=O)C(C)(C)C. The van der Waals surface area contributed by atoms with E-state index in [1.54, 1.807) is 24.4 Å². The highest BCUT2D eigenvalue weighted by molar-refractivity contribution is 7.07. The fourth-order valence-electron chi connectivity index (χ4n) is 2.11. The summed E-state index contributed by atoms with van der Waals surface area (Å²) >= 11 is 1.18. The largest absolute Gasteiger partial charge is 0.355 e. The van der Waals surface area contributed by atoms with Gasteiger partial charge in [-0.3, -0.25) is 23.9 Å². The number of aromatic nitrogens is 2. The van der Waals surface area contributed by atoms with Crippen molar-refractivity contribution in [2.75, 3.05) is 6.54 Å². The van der Waals surface area contributed by atoms with E-state index in [1.807, 2.05) is 33.8 Å². The molecule has 0 aliphatic rings. The first kappa shape index (κ1) is 19.8. The van der Waals surface area contributed by atoms with Crippen LogP contribution in [-0.4, -0.2) is 27.8 Å². The Kier molecular flexibility index (Phi) is 6.26. The smallest absolute Gasteiger partial charge is 0.269 e. The summed E-state index contributed by atoms with van der Waals surface area (Å²) in [6.07, 6.45) is 4.75. The van der Waals surface area contributed by atoms with Crippen molar-refractivity contribution in [3.05, 3.63) is 49.6 Å². The molecular formula is C19H23N3O3S. The van der Waals surface area contributed by atoms with Crippen LogP contribution in [0.15, 0.2) is 29.2 Å². The lowest BCUT2D eigenvalue weighted by Gasteiger charge is -2.12. The number of carbonyl (C=O) groups is 2. The minimum Gasteiger partial charge on any atom is -0.355 e. The van der Waals surface area contributed by atoms with Crippen molar-refractivity contribution in [2.24, 2.45) is 5.41 Å². The van der Waals surface area contributed by atoms with Crippen LogP contribution in [0.4, 0.5) is 0 Å². The zero-order chi connectivity index (χ0) is 19.3. The summed E-state index contributed by atoms with van der Waals surface area (Å²) in [6.45, 7) is 7.60. The second-order valence-electron chi connectivity index (χ2n) is 6.81. The molecule has 0 aliphatic heterocycles. The molecule has 138 valence electrons. The summed E-state index contributed by atoms with van der Waals surface area (Å²) in [4.78, 5) is 41.3. The van der Waals surface area contributed by atoms with Crippen molar-refractivity contribution in [1.29, 1.82) is 0 Å². The predicted octanol–water partition coefficient (Wildman–Crippen LogP) is 0.665. The molecule has 0 fully saturated rings. The first-order valence-electron chi connectivity index (χ1n) is 8.37. The molecular weight excluding hydrogens is 350 g/mol. The Balaban J connectivity index is 2.62. The van der Waals surface area contributed by atoms with Crippen LogP contribution in [0.2, 0.25) is 0 Å². The fourth-order valence-corrected chi connectivity index (χ4v) is 3.14. The molecule has 1 N–H and O–H groups in total. The molecule has 2 aromatic heterocycles. The number of likely N-dealkylation sites (N-methyl/N-ethyl adjacent to an activating group) is 1. The second-order valence-corrected chi connectivity index (χ2v) is 7.87. The molecule has 0 radical (unpaired) electrons. The summed E-state index contributed by atoms with van der Waals surface area (Å²) in [5.41, 5.74) is -0.230. The van der Waals surface area contributed by atoms with Crippen molar-refractivity contribution in [1.82, 2.24) is 14.9 Å². The zero-order valence-electron chi connectivity index (χ0n) is 15.4. The second kappa shape index (κ2) is 8.23. The number of hydrogen-bond acceptors (Lipinski definition) is 5. The van der Waals surface area contributed by atoms with E-state index in [2.05, 4.69) is 10.3 Å². The van der Waals surface area contributed by atoms with Gasteiger partial charge in [-0.2, -0.15) is 0 Å². The first-order valence-corrected chi connectivity index (χ1v) is 9.19. The van der Waals surface area contributed by atoms with E-state index < -0.39 is 5.41 Å². The Morgan fingerprint density at radius 3 is 2.62 bits per heavy atom. The van der Waals surface area contributed by atoms with Gasteiger partial charge in [-0.05, 0) is 25.1 Å². The van der Waals surface area contributed by atoms with Gasteiger partial charge in [-0.1, -0.05) is 26.8 Å². The van der Waals surface area contributed by atoms with Crippen molar-refractivity contribution >= 4 is 35.2 Å². The number of Topliss-reactive ketones (excluding diaryl/α,β-unsaturated/α-hetero) is 1. The number of carbonyl (C=O) groups excluding carboxylic acids is 2. The molecule has 0 saturated heterocycles. The van der Waals surface area contributed by atoms with Gasteiger partial charge in [-0.15, -0.1) is 11.3 Å². The number of ketones is 1. The molecule has 26 heavy (non-hydrogen) atoms. The van der Waals surface area contributed by atoms with Crippen LogP contribution in [0.1, 0.15) is 33.4 Å². The quantitative estimate of drug-likeness (QED) is 0.835. The van der Waals surface area contributed by atoms with E-state index in [4.69, 9.17) is 0 Å². The van der Waals surface area contributed by atoms with E-state index in [-0.39, 0.29) is 23.8 Å². The average molecular weight is 373 g/mol. The van der Waals surface area contributed by atoms with Crippen LogP contribution in [0.25, 0.3) is 12.2 Å². The van der Waals surface area contributed by atoms with E-state index in [9.17, 15) is 14.4 Å². The maximum absolute atomic E-state index is 12.8. The van der Waals surface area contributed by atoms with Gasteiger partial charge < -0.3 is 5.32 Å². The maximum Gasteiger partial charge on any atom is 0.269 e. The van der Waals surface area contributed by atoms with E-state index >= 15 is 0 Å². The maximum atomic E-state index is 12.8. The Hall–Kier alpha value is -2.54. The lowest BCUT2D eigenvalue weighted by molar-refractivity contribution is -0.122. The third-order valence-corrected chi connectivity index (χ3v) is 4.63. The molecule has 0 atom stereocenters. The van der Waals surface area contributed by atoms with Gasteiger partial charge in [0, 0.05) is 24.2 Å². The molecule has 2 aromatic rings. The number of hydrogen-bond donors (Lipinski definition) is 1. The summed E-state index contributed by atoms with van der Waals surface area (Å²) in [6, 6.07) is 5.41. The first-order chi connectivity index (χ1) is 12.2. The van der Waals surface area contributed by atoms with E-state index in [0.29, 0.717) is 21.4 Å². The third kappa shape index (κ3) is 4.98. The van der Waals surface area contributed by atoms with Gasteiger partial charge in [0.25, 0.3) is 5.56 Å². The Morgan fingerprint density at radius 1 is 1.31 bits per heavy atom. The monoisotopic (exact) mass is 373 g/mol. The number of nitrogens with one attached hydrogen (secondary N) is 1. The molecule has 1 amide bonds. The average Bonchev–Trinajstić information content (AvgIpc) is 2.84. The minimum atomic E-state index is -0.568. The van der Waals surface area contributed by atoms with E-state index in [0.717, 1.165) is 0 Å². The normalized spacial score (nSPS) is 13.1. The molecule has 2 rings (SSSR count). The topological polar surface area (TPSA) is 81.1 Å². The van der Waals surface area contributed by atoms with Gasteiger partial charge in [0.2, 0.25) is 5.91 Å². The highest BCUT2D eigenvalue weighted by Gasteiger charge is 2.20. The Labute approximate surface area is 155 Å². The summed E-state index contributed by atoms with van der Waals surface area (Å²) in [7, 11) is 0. The summed E-state index contributed by atoms with van der Waals surface area (Å²) in [5, 5.41) is 2.68. The Morgan fingerprint density at radius 2 is 2.04 bits per heavy atom. The predicted molar refractivity (Wildman–Crippen MR) is 103 cm³/mol. The standard InChI is InChI=1S/C19H23N3O3S/c1-5-20-16(24)12-22-17(11-15(23)19(2,3)4)26-14(18(22)25)10-13-8-6-7-9-21-13/h6-11H,5,12H2,1-4H3,(H,20,24)/b14-10-,17-11+. The molecule has 0 bridgehead atoms. The highest BCUT2D eigenvalue weighted by Crippen LogP contribution is 2.14. The molecule has 2 heterocycles. The van der Waals surface area contributed by atoms with Crippen LogP contribution >= 0.6 is 11.3 Å². The highest BCUT2D eigenvalue weighted by atomic mass is 32.1. The molecule has 7 heteroatoms. The number of thiazole rings is 1. The van der Waals surface area contributed by atoms with Crippen LogP contribution in [0.5, 0.6) is 0 Å². The van der Waals surface area contributed by atoms with Gasteiger partial charge in [0.15, 0.2) is 5.78 Å². The number of rotatable bonds is 5. The molecule has 0 aromatic carbocycles. The fraction of sp³-hybridized carbons (Fsp3) is 0.368. The summed E-state index contributed by atoms with van der Waals surface area (Å²) in [5.74, 6) is -0.373. The van der Waals surface area contributed by atoms with Crippen LogP contribution in [0, 0.1) is 5.41 Å². The minimum absolute atomic E-state index is 0.104. The molecule has 0 saturated carbocycles. The lowest BCUT2D eigenvalue weighted by atomic mass is 9.91. The van der Waals surface area contributed by atoms with E-state index in [1.165, 1.54) is 22.0 Å². The molecule has 6 nitrogen and oxygen atoms in total. The molecule has 0 unspecified atom stereocenters. The van der Waals surface area contributed by atoms with Crippen molar-refractivity contribution in [2.45, 2.75) is 34.2 Å². The zero-order valence-corrected chi connectivity index (χ0v) is 16.2.